The molecule has 11 rings (SSSR count). The van der Waals surface area contributed by atoms with Gasteiger partial charge in [-0.15, -0.1) is 0 Å². The third-order valence-electron chi connectivity index (χ3n) is 10.9. The van der Waals surface area contributed by atoms with Crippen LogP contribution in [0, 0.1) is 13.8 Å². The second-order valence-electron chi connectivity index (χ2n) is 14.0. The van der Waals surface area contributed by atoms with Gasteiger partial charge in [-0.05, 0) is 122 Å². The first-order valence-electron chi connectivity index (χ1n) is 18.1. The molecule has 0 saturated heterocycles. The fourth-order valence-corrected chi connectivity index (χ4v) is 8.72. The lowest BCUT2D eigenvalue weighted by molar-refractivity contribution is 0.549. The summed E-state index contributed by atoms with van der Waals surface area (Å²) in [6, 6.07) is 56.2. The van der Waals surface area contributed by atoms with Gasteiger partial charge < -0.3 is 13.3 Å². The summed E-state index contributed by atoms with van der Waals surface area (Å²) in [5.74, 6) is 3.56. The summed E-state index contributed by atoms with van der Waals surface area (Å²) in [5, 5.41) is 11.6. The third-order valence-corrected chi connectivity index (χ3v) is 10.9. The predicted molar refractivity (Wildman–Crippen MR) is 219 cm³/mol. The van der Waals surface area contributed by atoms with Gasteiger partial charge in [0.05, 0.1) is 0 Å². The Morgan fingerprint density at radius 1 is 0.321 bits per heavy atom. The zero-order valence-electron chi connectivity index (χ0n) is 29.2. The van der Waals surface area contributed by atoms with Gasteiger partial charge in [0.2, 0.25) is 0 Å². The average Bonchev–Trinajstić information content (AvgIpc) is 3.93. The minimum absolute atomic E-state index is 0.865. The van der Waals surface area contributed by atoms with Crippen LogP contribution in [0.5, 0.6) is 0 Å². The quantitative estimate of drug-likeness (QED) is 0.174. The standard InChI is InChI=1S/C50H32O3/c1-29-22-25-44(51-29)48-36-16-7-3-12-32(36)46(33-13-4-8-17-37(33)48)31-24-27-42-41(28-31)50-40(20-11-21-43(50)53-42)47-34-14-5-9-18-38(34)49(45-26-23-30(2)52-45)39-19-10-6-15-35(39)47/h3-28H,1-2H3. The Balaban J connectivity index is 1.23. The molecule has 0 unspecified atom stereocenters. The molecule has 0 amide bonds. The van der Waals surface area contributed by atoms with E-state index in [0.29, 0.717) is 0 Å². The summed E-state index contributed by atoms with van der Waals surface area (Å²) in [5.41, 5.74) is 8.65. The van der Waals surface area contributed by atoms with E-state index in [1.54, 1.807) is 0 Å². The molecule has 0 aliphatic carbocycles. The van der Waals surface area contributed by atoms with Crippen LogP contribution in [0.25, 0.3) is 110 Å². The highest BCUT2D eigenvalue weighted by Crippen LogP contribution is 2.49. The molecule has 3 aromatic heterocycles. The average molecular weight is 681 g/mol. The van der Waals surface area contributed by atoms with E-state index in [4.69, 9.17) is 13.3 Å². The van der Waals surface area contributed by atoms with Crippen LogP contribution in [0.15, 0.2) is 171 Å². The minimum Gasteiger partial charge on any atom is -0.461 e. The summed E-state index contributed by atoms with van der Waals surface area (Å²) in [6.45, 7) is 4.00. The highest BCUT2D eigenvalue weighted by atomic mass is 16.3. The molecule has 3 heterocycles. The van der Waals surface area contributed by atoms with Crippen molar-refractivity contribution in [1.29, 1.82) is 0 Å². The van der Waals surface area contributed by atoms with Gasteiger partial charge in [-0.25, -0.2) is 0 Å². The van der Waals surface area contributed by atoms with Crippen LogP contribution in [0.4, 0.5) is 0 Å². The van der Waals surface area contributed by atoms with E-state index >= 15 is 0 Å². The van der Waals surface area contributed by atoms with Crippen LogP contribution in [-0.4, -0.2) is 0 Å². The van der Waals surface area contributed by atoms with E-state index < -0.39 is 0 Å². The van der Waals surface area contributed by atoms with Gasteiger partial charge >= 0.3 is 0 Å². The lowest BCUT2D eigenvalue weighted by Gasteiger charge is -2.17. The number of hydrogen-bond acceptors (Lipinski definition) is 3. The Bertz CT molecular complexity index is 3140. The Kier molecular flexibility index (Phi) is 6.38. The molecule has 0 N–H and O–H groups in total. The molecule has 0 fully saturated rings. The van der Waals surface area contributed by atoms with E-state index in [0.717, 1.165) is 88.8 Å². The first kappa shape index (κ1) is 29.8. The van der Waals surface area contributed by atoms with Crippen molar-refractivity contribution in [3.05, 3.63) is 169 Å². The van der Waals surface area contributed by atoms with Crippen molar-refractivity contribution in [2.75, 3.05) is 0 Å². The Morgan fingerprint density at radius 3 is 1.23 bits per heavy atom. The van der Waals surface area contributed by atoms with Crippen LogP contribution < -0.4 is 0 Å². The van der Waals surface area contributed by atoms with Gasteiger partial charge in [0.1, 0.15) is 34.2 Å². The van der Waals surface area contributed by atoms with Crippen molar-refractivity contribution in [1.82, 2.24) is 0 Å². The summed E-state index contributed by atoms with van der Waals surface area (Å²) in [6.07, 6.45) is 0. The van der Waals surface area contributed by atoms with Crippen LogP contribution in [0.2, 0.25) is 0 Å². The molecule has 3 heteroatoms. The van der Waals surface area contributed by atoms with Crippen molar-refractivity contribution in [3.63, 3.8) is 0 Å². The number of furan rings is 3. The van der Waals surface area contributed by atoms with E-state index in [-0.39, 0.29) is 0 Å². The van der Waals surface area contributed by atoms with Crippen LogP contribution in [0.1, 0.15) is 11.5 Å². The Morgan fingerprint density at radius 2 is 0.774 bits per heavy atom. The van der Waals surface area contributed by atoms with Crippen molar-refractivity contribution >= 4 is 65.0 Å². The van der Waals surface area contributed by atoms with Gasteiger partial charge in [-0.2, -0.15) is 0 Å². The maximum absolute atomic E-state index is 6.65. The summed E-state index contributed by atoms with van der Waals surface area (Å²) < 4.78 is 19.2. The smallest absolute Gasteiger partial charge is 0.136 e. The van der Waals surface area contributed by atoms with Crippen molar-refractivity contribution in [2.24, 2.45) is 0 Å². The highest BCUT2D eigenvalue weighted by molar-refractivity contribution is 6.26. The molecule has 0 saturated carbocycles. The van der Waals surface area contributed by atoms with Gasteiger partial charge in [0.15, 0.2) is 0 Å². The van der Waals surface area contributed by atoms with Crippen molar-refractivity contribution in [2.45, 2.75) is 13.8 Å². The van der Waals surface area contributed by atoms with E-state index in [2.05, 4.69) is 146 Å². The molecule has 8 aromatic carbocycles. The maximum atomic E-state index is 6.65. The number of rotatable bonds is 4. The third kappa shape index (κ3) is 4.41. The van der Waals surface area contributed by atoms with Crippen LogP contribution in [-0.2, 0) is 0 Å². The molecular formula is C50H32O3. The van der Waals surface area contributed by atoms with Gasteiger partial charge in [0, 0.05) is 21.9 Å². The molecule has 3 nitrogen and oxygen atoms in total. The van der Waals surface area contributed by atoms with E-state index in [9.17, 15) is 0 Å². The molecule has 0 bridgehead atoms. The lowest BCUT2D eigenvalue weighted by atomic mass is 9.85. The number of aryl methyl sites for hydroxylation is 2. The second kappa shape index (κ2) is 11.3. The predicted octanol–water partition coefficient (Wildman–Crippen LogP) is 14.7. The monoisotopic (exact) mass is 680 g/mol. The molecule has 250 valence electrons. The zero-order chi connectivity index (χ0) is 35.2. The minimum atomic E-state index is 0.865. The van der Waals surface area contributed by atoms with Crippen LogP contribution >= 0.6 is 0 Å². The zero-order valence-corrected chi connectivity index (χ0v) is 29.2. The lowest BCUT2D eigenvalue weighted by Crippen LogP contribution is -1.91. The fraction of sp³-hybridized carbons (Fsp3) is 0.0400. The Hall–Kier alpha value is -6.84. The number of benzene rings is 8. The molecule has 0 aliphatic rings. The normalized spacial score (nSPS) is 12.0. The van der Waals surface area contributed by atoms with Crippen LogP contribution in [0.3, 0.4) is 0 Å². The van der Waals surface area contributed by atoms with Gasteiger partial charge in [-0.1, -0.05) is 115 Å². The SMILES string of the molecule is Cc1ccc(-c2c3ccccc3c(-c3ccc4oc5cccc(-c6c7ccccc7c(-c7ccc(C)o7)c7ccccc67)c5c4c3)c3ccccc23)o1. The van der Waals surface area contributed by atoms with Gasteiger partial charge in [0.25, 0.3) is 0 Å². The molecule has 0 atom stereocenters. The number of hydrogen-bond donors (Lipinski definition) is 0. The largest absolute Gasteiger partial charge is 0.461 e. The molecule has 0 radical (unpaired) electrons. The molecular weight excluding hydrogens is 649 g/mol. The highest BCUT2D eigenvalue weighted by Gasteiger charge is 2.23. The molecule has 53 heavy (non-hydrogen) atoms. The second-order valence-corrected chi connectivity index (χ2v) is 14.0. The number of fused-ring (bicyclic) bond motifs is 7. The summed E-state index contributed by atoms with van der Waals surface area (Å²) in [7, 11) is 0. The van der Waals surface area contributed by atoms with Crippen molar-refractivity contribution in [3.8, 4) is 44.9 Å². The van der Waals surface area contributed by atoms with Crippen molar-refractivity contribution < 1.29 is 13.3 Å². The van der Waals surface area contributed by atoms with E-state index in [1.165, 1.54) is 32.7 Å². The fourth-order valence-electron chi connectivity index (χ4n) is 8.72. The molecule has 11 aromatic rings. The molecule has 0 aliphatic heterocycles. The first-order valence-corrected chi connectivity index (χ1v) is 18.1. The Labute approximate surface area is 305 Å². The van der Waals surface area contributed by atoms with E-state index in [1.807, 2.05) is 26.0 Å². The topological polar surface area (TPSA) is 39.4 Å². The van der Waals surface area contributed by atoms with Gasteiger partial charge in [-0.3, -0.25) is 0 Å². The first-order chi connectivity index (χ1) is 26.1. The molecule has 0 spiro atoms. The summed E-state index contributed by atoms with van der Waals surface area (Å²) in [4.78, 5) is 0. The maximum Gasteiger partial charge on any atom is 0.136 e. The summed E-state index contributed by atoms with van der Waals surface area (Å²) >= 11 is 0.